The summed E-state index contributed by atoms with van der Waals surface area (Å²) in [5.74, 6) is -2.75. The predicted molar refractivity (Wildman–Crippen MR) is 62.5 cm³/mol. The SMILES string of the molecule is CC(C)(C(=O)OCCC(F)=C(F)F)n1ccc(C(F)(F)F)n1. The van der Waals surface area contributed by atoms with Gasteiger partial charge < -0.3 is 4.74 Å². The van der Waals surface area contributed by atoms with Crippen LogP contribution in [0.2, 0.25) is 0 Å². The van der Waals surface area contributed by atoms with Crippen LogP contribution in [0.4, 0.5) is 26.3 Å². The van der Waals surface area contributed by atoms with Crippen molar-refractivity contribution in [3.05, 3.63) is 29.9 Å². The van der Waals surface area contributed by atoms with E-state index in [1.165, 1.54) is 13.8 Å². The molecule has 0 radical (unpaired) electrons. The highest BCUT2D eigenvalue weighted by Crippen LogP contribution is 2.29. The minimum Gasteiger partial charge on any atom is -0.463 e. The molecular weight excluding hydrogens is 318 g/mol. The number of rotatable bonds is 5. The molecule has 0 aliphatic rings. The van der Waals surface area contributed by atoms with E-state index in [1.54, 1.807) is 0 Å². The molecule has 1 aromatic heterocycles. The number of alkyl halides is 3. The Morgan fingerprint density at radius 2 is 1.86 bits per heavy atom. The molecule has 1 rings (SSSR count). The number of halogens is 6. The predicted octanol–water partition coefficient (Wildman–Crippen LogP) is 3.65. The van der Waals surface area contributed by atoms with Gasteiger partial charge in [0.2, 0.25) is 0 Å². The molecule has 22 heavy (non-hydrogen) atoms. The zero-order chi connectivity index (χ0) is 17.1. The average Bonchev–Trinajstić information content (AvgIpc) is 2.88. The van der Waals surface area contributed by atoms with E-state index in [-0.39, 0.29) is 0 Å². The highest BCUT2D eigenvalue weighted by Gasteiger charge is 2.38. The minimum atomic E-state index is -4.67. The Kier molecular flexibility index (Phi) is 5.26. The van der Waals surface area contributed by atoms with E-state index in [0.29, 0.717) is 6.07 Å². The second-order valence-electron chi connectivity index (χ2n) is 4.75. The molecule has 0 atom stereocenters. The van der Waals surface area contributed by atoms with Gasteiger partial charge in [-0.05, 0) is 19.9 Å². The van der Waals surface area contributed by atoms with Gasteiger partial charge in [-0.2, -0.15) is 27.1 Å². The van der Waals surface area contributed by atoms with Gasteiger partial charge in [-0.15, -0.1) is 0 Å². The zero-order valence-electron chi connectivity index (χ0n) is 11.5. The average molecular weight is 330 g/mol. The Labute approximate surface area is 121 Å². The van der Waals surface area contributed by atoms with Crippen LogP contribution < -0.4 is 0 Å². The lowest BCUT2D eigenvalue weighted by molar-refractivity contribution is -0.154. The smallest absolute Gasteiger partial charge is 0.435 e. The fourth-order valence-corrected chi connectivity index (χ4v) is 1.38. The van der Waals surface area contributed by atoms with Crippen molar-refractivity contribution in [2.75, 3.05) is 6.61 Å². The summed E-state index contributed by atoms with van der Waals surface area (Å²) in [5.41, 5.74) is -2.81. The molecule has 0 saturated heterocycles. The van der Waals surface area contributed by atoms with E-state index in [1.807, 2.05) is 0 Å². The van der Waals surface area contributed by atoms with Gasteiger partial charge in [0.1, 0.15) is 0 Å². The first kappa shape index (κ1) is 18.1. The summed E-state index contributed by atoms with van der Waals surface area (Å²) in [5, 5.41) is 3.23. The monoisotopic (exact) mass is 330 g/mol. The van der Waals surface area contributed by atoms with E-state index in [2.05, 4.69) is 9.84 Å². The lowest BCUT2D eigenvalue weighted by Crippen LogP contribution is -2.38. The van der Waals surface area contributed by atoms with Gasteiger partial charge in [0.15, 0.2) is 17.1 Å². The fourth-order valence-electron chi connectivity index (χ4n) is 1.38. The molecule has 1 aromatic rings. The van der Waals surface area contributed by atoms with Crippen LogP contribution in [0.1, 0.15) is 26.0 Å². The molecule has 0 aliphatic heterocycles. The molecular formula is C12H12F6N2O2. The summed E-state index contributed by atoms with van der Waals surface area (Å²) in [7, 11) is 0. The number of hydrogen-bond donors (Lipinski definition) is 0. The number of ether oxygens (including phenoxy) is 1. The maximum atomic E-state index is 12.5. The number of esters is 1. The Bertz CT molecular complexity index is 572. The van der Waals surface area contributed by atoms with Crippen LogP contribution in [0.25, 0.3) is 0 Å². The molecule has 124 valence electrons. The first-order valence-electron chi connectivity index (χ1n) is 5.96. The zero-order valence-corrected chi connectivity index (χ0v) is 11.5. The Balaban J connectivity index is 2.75. The lowest BCUT2D eigenvalue weighted by atomic mass is 10.1. The second kappa shape index (κ2) is 6.41. The number of nitrogens with zero attached hydrogens (tertiary/aromatic N) is 2. The maximum absolute atomic E-state index is 12.5. The van der Waals surface area contributed by atoms with E-state index in [4.69, 9.17) is 0 Å². The Morgan fingerprint density at radius 3 is 2.32 bits per heavy atom. The quantitative estimate of drug-likeness (QED) is 0.611. The summed E-state index contributed by atoms with van der Waals surface area (Å²) in [6.45, 7) is 1.79. The summed E-state index contributed by atoms with van der Waals surface area (Å²) >= 11 is 0. The topological polar surface area (TPSA) is 44.1 Å². The van der Waals surface area contributed by atoms with E-state index in [9.17, 15) is 31.1 Å². The maximum Gasteiger partial charge on any atom is 0.435 e. The van der Waals surface area contributed by atoms with Gasteiger partial charge in [0, 0.05) is 12.6 Å². The second-order valence-corrected chi connectivity index (χ2v) is 4.75. The van der Waals surface area contributed by atoms with Crippen molar-refractivity contribution in [1.82, 2.24) is 9.78 Å². The van der Waals surface area contributed by atoms with Gasteiger partial charge in [-0.3, -0.25) is 4.68 Å². The van der Waals surface area contributed by atoms with Gasteiger partial charge >= 0.3 is 18.2 Å². The fraction of sp³-hybridized carbons (Fsp3) is 0.500. The van der Waals surface area contributed by atoms with Crippen molar-refractivity contribution in [2.45, 2.75) is 32.0 Å². The molecule has 0 N–H and O–H groups in total. The van der Waals surface area contributed by atoms with E-state index in [0.717, 1.165) is 10.9 Å². The van der Waals surface area contributed by atoms with E-state index < -0.39 is 48.3 Å². The van der Waals surface area contributed by atoms with Crippen LogP contribution in [0.3, 0.4) is 0 Å². The standard InChI is InChI=1S/C12H12F6N2O2/c1-11(2,10(21)22-6-4-7(13)9(14)15)20-5-3-8(19-20)12(16,17)18/h3,5H,4,6H2,1-2H3. The van der Waals surface area contributed by atoms with Crippen molar-refractivity contribution in [3.8, 4) is 0 Å². The summed E-state index contributed by atoms with van der Waals surface area (Å²) < 4.78 is 78.8. The van der Waals surface area contributed by atoms with Gasteiger partial charge in [-0.25, -0.2) is 9.18 Å². The molecule has 0 bridgehead atoms. The third kappa shape index (κ3) is 4.25. The van der Waals surface area contributed by atoms with Crippen LogP contribution in [0.5, 0.6) is 0 Å². The summed E-state index contributed by atoms with van der Waals surface area (Å²) in [4.78, 5) is 11.8. The Morgan fingerprint density at radius 1 is 1.27 bits per heavy atom. The van der Waals surface area contributed by atoms with Gasteiger partial charge in [0.25, 0.3) is 0 Å². The molecule has 0 fully saturated rings. The molecule has 0 spiro atoms. The molecule has 4 nitrogen and oxygen atoms in total. The normalized spacial score (nSPS) is 12.2. The Hall–Kier alpha value is -2.00. The highest BCUT2D eigenvalue weighted by atomic mass is 19.4. The molecule has 0 amide bonds. The lowest BCUT2D eigenvalue weighted by Gasteiger charge is -2.23. The minimum absolute atomic E-state index is 0.668. The van der Waals surface area contributed by atoms with Crippen molar-refractivity contribution < 1.29 is 35.9 Å². The van der Waals surface area contributed by atoms with Crippen molar-refractivity contribution in [1.29, 1.82) is 0 Å². The van der Waals surface area contributed by atoms with Crippen molar-refractivity contribution in [2.24, 2.45) is 0 Å². The van der Waals surface area contributed by atoms with Crippen LogP contribution in [-0.4, -0.2) is 22.4 Å². The van der Waals surface area contributed by atoms with Crippen LogP contribution in [0, 0.1) is 0 Å². The third-order valence-corrected chi connectivity index (χ3v) is 2.71. The van der Waals surface area contributed by atoms with Crippen molar-refractivity contribution in [3.63, 3.8) is 0 Å². The van der Waals surface area contributed by atoms with Gasteiger partial charge in [0.05, 0.1) is 6.61 Å². The largest absolute Gasteiger partial charge is 0.463 e. The highest BCUT2D eigenvalue weighted by molar-refractivity contribution is 5.77. The molecule has 0 aromatic carbocycles. The summed E-state index contributed by atoms with van der Waals surface area (Å²) in [6.07, 6.45) is -7.07. The molecule has 10 heteroatoms. The van der Waals surface area contributed by atoms with Crippen LogP contribution in [-0.2, 0) is 21.2 Å². The molecule has 0 saturated carbocycles. The number of aromatic nitrogens is 2. The van der Waals surface area contributed by atoms with Crippen LogP contribution in [0.15, 0.2) is 24.2 Å². The first-order chi connectivity index (χ1) is 9.96. The van der Waals surface area contributed by atoms with Crippen LogP contribution >= 0.6 is 0 Å². The molecule has 0 aliphatic carbocycles. The summed E-state index contributed by atoms with van der Waals surface area (Å²) in [6, 6.07) is 0.676. The number of hydrogen-bond acceptors (Lipinski definition) is 3. The third-order valence-electron chi connectivity index (χ3n) is 2.71. The number of carbonyl (C=O) groups excluding carboxylic acids is 1. The van der Waals surface area contributed by atoms with E-state index >= 15 is 0 Å². The first-order valence-corrected chi connectivity index (χ1v) is 5.96. The van der Waals surface area contributed by atoms with Gasteiger partial charge in [-0.1, -0.05) is 0 Å². The molecule has 0 unspecified atom stereocenters. The van der Waals surface area contributed by atoms with Crippen molar-refractivity contribution >= 4 is 5.97 Å². The number of carbonyl (C=O) groups is 1. The molecule has 1 heterocycles.